The molecule has 5 heteroatoms. The number of allylic oxidation sites excluding steroid dienone is 24. The lowest BCUT2D eigenvalue weighted by Gasteiger charge is -2.18. The molecule has 0 saturated carbocycles. The highest BCUT2D eigenvalue weighted by atomic mass is 16.6. The van der Waals surface area contributed by atoms with Crippen molar-refractivity contribution in [2.24, 2.45) is 0 Å². The minimum atomic E-state index is -0.603. The van der Waals surface area contributed by atoms with Gasteiger partial charge < -0.3 is 14.2 Å². The predicted molar refractivity (Wildman–Crippen MR) is 315 cm³/mol. The molecule has 0 aromatic rings. The summed E-state index contributed by atoms with van der Waals surface area (Å²) in [5.74, 6) is -0.527. The second kappa shape index (κ2) is 61.1. The summed E-state index contributed by atoms with van der Waals surface area (Å²) in [6.45, 7) is 7.41. The zero-order chi connectivity index (χ0) is 52.0. The quantitative estimate of drug-likeness (QED) is 0.0345. The lowest BCUT2D eigenvalue weighted by atomic mass is 10.1. The van der Waals surface area contributed by atoms with Crippen LogP contribution in [0.3, 0.4) is 0 Å². The zero-order valence-electron chi connectivity index (χ0n) is 46.6. The van der Waals surface area contributed by atoms with Crippen LogP contribution in [0.4, 0.5) is 0 Å². The van der Waals surface area contributed by atoms with Crippen molar-refractivity contribution in [2.45, 2.75) is 245 Å². The van der Waals surface area contributed by atoms with Gasteiger partial charge in [0.25, 0.3) is 0 Å². The summed E-state index contributed by atoms with van der Waals surface area (Å²) in [7, 11) is 0. The molecule has 0 aromatic carbocycles. The molecule has 0 saturated heterocycles. The number of carbonyl (C=O) groups excluding carboxylic acids is 2. The Hall–Kier alpha value is -4.22. The van der Waals surface area contributed by atoms with Gasteiger partial charge in [-0.15, -0.1) is 0 Å². The molecular weight excluding hydrogens is 885 g/mol. The number of hydrogen-bond donors (Lipinski definition) is 0. The van der Waals surface area contributed by atoms with Gasteiger partial charge in [0.1, 0.15) is 6.61 Å². The monoisotopic (exact) mass is 993 g/mol. The first-order valence-corrected chi connectivity index (χ1v) is 29.4. The first-order chi connectivity index (χ1) is 35.6. The van der Waals surface area contributed by atoms with E-state index < -0.39 is 6.10 Å². The van der Waals surface area contributed by atoms with Crippen molar-refractivity contribution in [3.05, 3.63) is 146 Å². The predicted octanol–water partition coefficient (Wildman–Crippen LogP) is 20.5. The third-order valence-electron chi connectivity index (χ3n) is 11.9. The van der Waals surface area contributed by atoms with E-state index in [-0.39, 0.29) is 31.6 Å². The zero-order valence-corrected chi connectivity index (χ0v) is 46.6. The normalized spacial score (nSPS) is 13.3. The van der Waals surface area contributed by atoms with Crippen LogP contribution in [0.15, 0.2) is 146 Å². The van der Waals surface area contributed by atoms with Crippen LogP contribution in [0, 0.1) is 0 Å². The van der Waals surface area contributed by atoms with E-state index >= 15 is 0 Å². The maximum absolute atomic E-state index is 12.9. The lowest BCUT2D eigenvalue weighted by molar-refractivity contribution is -0.162. The molecule has 0 spiro atoms. The fourth-order valence-electron chi connectivity index (χ4n) is 7.56. The molecular formula is C67H108O5. The lowest BCUT2D eigenvalue weighted by Crippen LogP contribution is -2.30. The molecule has 0 N–H and O–H groups in total. The van der Waals surface area contributed by atoms with Crippen LogP contribution in [0.25, 0.3) is 0 Å². The molecule has 0 radical (unpaired) electrons. The van der Waals surface area contributed by atoms with Gasteiger partial charge in [0.2, 0.25) is 0 Å². The molecule has 406 valence electrons. The largest absolute Gasteiger partial charge is 0.462 e. The van der Waals surface area contributed by atoms with Gasteiger partial charge in [0, 0.05) is 19.4 Å². The van der Waals surface area contributed by atoms with Crippen LogP contribution in [0.5, 0.6) is 0 Å². The molecule has 0 bridgehead atoms. The Morgan fingerprint density at radius 3 is 1.07 bits per heavy atom. The van der Waals surface area contributed by atoms with Crippen LogP contribution in [-0.4, -0.2) is 37.9 Å². The summed E-state index contributed by atoms with van der Waals surface area (Å²) in [6, 6.07) is 0. The molecule has 0 aromatic heterocycles. The van der Waals surface area contributed by atoms with Crippen molar-refractivity contribution in [3.63, 3.8) is 0 Å². The summed E-state index contributed by atoms with van der Waals surface area (Å²) in [5.41, 5.74) is 0. The summed E-state index contributed by atoms with van der Waals surface area (Å²) >= 11 is 0. The van der Waals surface area contributed by atoms with Gasteiger partial charge in [-0.3, -0.25) is 9.59 Å². The molecule has 0 amide bonds. The summed E-state index contributed by atoms with van der Waals surface area (Å²) in [4.78, 5) is 25.5. The number of ether oxygens (including phenoxy) is 3. The Labute approximate surface area is 444 Å². The van der Waals surface area contributed by atoms with Crippen molar-refractivity contribution in [1.82, 2.24) is 0 Å². The van der Waals surface area contributed by atoms with E-state index in [9.17, 15) is 9.59 Å². The molecule has 1 unspecified atom stereocenters. The smallest absolute Gasteiger partial charge is 0.306 e. The van der Waals surface area contributed by atoms with Gasteiger partial charge in [-0.25, -0.2) is 0 Å². The average Bonchev–Trinajstić information content (AvgIpc) is 3.38. The number of hydrogen-bond acceptors (Lipinski definition) is 5. The van der Waals surface area contributed by atoms with Crippen LogP contribution in [-0.2, 0) is 23.8 Å². The summed E-state index contributed by atoms with van der Waals surface area (Å²) < 4.78 is 17.4. The molecule has 0 aliphatic heterocycles. The van der Waals surface area contributed by atoms with Crippen molar-refractivity contribution < 1.29 is 23.8 Å². The Morgan fingerprint density at radius 1 is 0.319 bits per heavy atom. The highest BCUT2D eigenvalue weighted by molar-refractivity contribution is 5.70. The van der Waals surface area contributed by atoms with E-state index in [2.05, 4.69) is 161 Å². The Balaban J connectivity index is 4.49. The molecule has 0 fully saturated rings. The maximum atomic E-state index is 12.9. The molecule has 0 aliphatic rings. The van der Waals surface area contributed by atoms with Crippen molar-refractivity contribution in [2.75, 3.05) is 19.8 Å². The fourth-order valence-corrected chi connectivity index (χ4v) is 7.56. The van der Waals surface area contributed by atoms with Crippen LogP contribution < -0.4 is 0 Å². The van der Waals surface area contributed by atoms with E-state index in [1.54, 1.807) is 0 Å². The molecule has 5 nitrogen and oxygen atoms in total. The SMILES string of the molecule is CC/C=C\C/C=C\C/C=C\C/C=C\C/C=C\C/C=C\CCC(=O)OCC(COCCCC/C=C\C/C=C\C/C=C\C/C=C\C/C=C\CC)OC(=O)CCCCCCCCCCC/C=C\CCCCCCCC. The van der Waals surface area contributed by atoms with E-state index in [0.29, 0.717) is 19.4 Å². The number of unbranched alkanes of at least 4 members (excludes halogenated alkanes) is 17. The third kappa shape index (κ3) is 58.4. The Bertz CT molecular complexity index is 1540. The standard InChI is InChI=1S/C67H108O5/c1-4-7-10-13-16-19-22-25-28-31-34-36-39-42-45-48-51-54-57-60-66(68)71-64-65(63-70-62-59-56-53-50-47-44-41-38-33-30-27-24-21-18-15-12-9-6-3)72-67(69)61-58-55-52-49-46-43-40-37-35-32-29-26-23-20-17-14-11-8-5-2/h7,9-10,12,16,18-19,21,25-30,34,36,38,41-42,45,47,50-51,54,65H,4-6,8,11,13-15,17,20,22-24,31-33,35,37,39-40,43-44,46,48-49,52-53,55-64H2,1-3H3/b10-7-,12-9-,19-16-,21-18-,28-25-,29-26-,30-27-,36-34-,41-38-,45-42-,50-47-,54-51-. The van der Waals surface area contributed by atoms with E-state index in [4.69, 9.17) is 14.2 Å². The fraction of sp³-hybridized carbons (Fsp3) is 0.612. The number of esters is 2. The molecule has 0 rings (SSSR count). The van der Waals surface area contributed by atoms with Crippen LogP contribution in [0.2, 0.25) is 0 Å². The minimum absolute atomic E-state index is 0.0177. The highest BCUT2D eigenvalue weighted by Crippen LogP contribution is 2.14. The highest BCUT2D eigenvalue weighted by Gasteiger charge is 2.17. The van der Waals surface area contributed by atoms with Gasteiger partial charge in [0.05, 0.1) is 6.61 Å². The topological polar surface area (TPSA) is 61.8 Å². The van der Waals surface area contributed by atoms with Crippen molar-refractivity contribution >= 4 is 11.9 Å². The van der Waals surface area contributed by atoms with Gasteiger partial charge in [-0.1, -0.05) is 244 Å². The first-order valence-electron chi connectivity index (χ1n) is 29.4. The third-order valence-corrected chi connectivity index (χ3v) is 11.9. The van der Waals surface area contributed by atoms with Gasteiger partial charge in [-0.2, -0.15) is 0 Å². The molecule has 0 aliphatic carbocycles. The van der Waals surface area contributed by atoms with E-state index in [1.807, 2.05) is 6.08 Å². The van der Waals surface area contributed by atoms with E-state index in [1.165, 1.54) is 89.9 Å². The van der Waals surface area contributed by atoms with Crippen molar-refractivity contribution in [1.29, 1.82) is 0 Å². The van der Waals surface area contributed by atoms with Gasteiger partial charge in [-0.05, 0) is 128 Å². The van der Waals surface area contributed by atoms with Crippen molar-refractivity contribution in [3.8, 4) is 0 Å². The molecule has 1 atom stereocenters. The van der Waals surface area contributed by atoms with Crippen LogP contribution >= 0.6 is 0 Å². The Morgan fingerprint density at radius 2 is 0.653 bits per heavy atom. The average molecular weight is 994 g/mol. The molecule has 0 heterocycles. The Kier molecular flexibility index (Phi) is 57.5. The van der Waals surface area contributed by atoms with Crippen LogP contribution in [0.1, 0.15) is 239 Å². The minimum Gasteiger partial charge on any atom is -0.462 e. The first kappa shape index (κ1) is 67.8. The number of carbonyl (C=O) groups is 2. The summed E-state index contributed by atoms with van der Waals surface area (Å²) in [6.07, 6.45) is 88.9. The van der Waals surface area contributed by atoms with Gasteiger partial charge in [0.15, 0.2) is 6.10 Å². The maximum Gasteiger partial charge on any atom is 0.306 e. The second-order valence-electron chi connectivity index (χ2n) is 18.8. The summed E-state index contributed by atoms with van der Waals surface area (Å²) in [5, 5.41) is 0. The molecule has 72 heavy (non-hydrogen) atoms. The second-order valence-corrected chi connectivity index (χ2v) is 18.8. The van der Waals surface area contributed by atoms with E-state index in [0.717, 1.165) is 109 Å². The number of rotatable bonds is 52. The van der Waals surface area contributed by atoms with Gasteiger partial charge >= 0.3 is 11.9 Å².